The van der Waals surface area contributed by atoms with Crippen molar-refractivity contribution in [3.63, 3.8) is 0 Å². The van der Waals surface area contributed by atoms with Gasteiger partial charge >= 0.3 is 0 Å². The number of benzene rings is 1. The van der Waals surface area contributed by atoms with E-state index in [1.54, 1.807) is 18.9 Å². The van der Waals surface area contributed by atoms with Gasteiger partial charge in [-0.05, 0) is 33.5 Å². The van der Waals surface area contributed by atoms with Gasteiger partial charge in [0.05, 0.1) is 11.6 Å². The zero-order valence-electron chi connectivity index (χ0n) is 10.8. The maximum Gasteiger partial charge on any atom is 0.161 e. The average molecular weight is 329 g/mol. The number of nitrogens with one attached hydrogen (secondary N) is 1. The van der Waals surface area contributed by atoms with Crippen molar-refractivity contribution in [3.8, 4) is 5.75 Å². The molecule has 1 aliphatic heterocycles. The third-order valence-corrected chi connectivity index (χ3v) is 4.74. The molecule has 1 aliphatic rings. The molecule has 0 saturated carbocycles. The minimum absolute atomic E-state index is 0.299. The number of amidine groups is 1. The van der Waals surface area contributed by atoms with Gasteiger partial charge < -0.3 is 10.1 Å². The van der Waals surface area contributed by atoms with Crippen LogP contribution >= 0.6 is 27.7 Å². The first-order valence-corrected chi connectivity index (χ1v) is 7.56. The van der Waals surface area contributed by atoms with Crippen LogP contribution in [0.15, 0.2) is 27.7 Å². The molecule has 1 heterocycles. The van der Waals surface area contributed by atoms with Crippen molar-refractivity contribution in [3.05, 3.63) is 22.7 Å². The van der Waals surface area contributed by atoms with E-state index in [-0.39, 0.29) is 0 Å². The molecule has 0 fully saturated rings. The molecule has 3 nitrogen and oxygen atoms in total. The molecule has 1 N–H and O–H groups in total. The third kappa shape index (κ3) is 3.42. The van der Waals surface area contributed by atoms with Crippen LogP contribution in [0.2, 0.25) is 0 Å². The maximum absolute atomic E-state index is 5.27. The molecular formula is C13H17BrN2OS. The second kappa shape index (κ2) is 5.53. The van der Waals surface area contributed by atoms with Crippen LogP contribution in [0.25, 0.3) is 0 Å². The molecule has 1 aromatic carbocycles. The summed E-state index contributed by atoms with van der Waals surface area (Å²) in [4.78, 5) is 4.57. The lowest BCUT2D eigenvalue weighted by molar-refractivity contribution is 0.412. The number of nitrogens with zero attached hydrogens (tertiary/aromatic N) is 1. The van der Waals surface area contributed by atoms with Crippen LogP contribution in [0, 0.1) is 5.41 Å². The highest BCUT2D eigenvalue weighted by Gasteiger charge is 2.23. The van der Waals surface area contributed by atoms with Crippen molar-refractivity contribution in [1.82, 2.24) is 0 Å². The summed E-state index contributed by atoms with van der Waals surface area (Å²) in [5.41, 5.74) is 1.30. The first-order valence-electron chi connectivity index (χ1n) is 5.78. The SMILES string of the molecule is COc1cc(NC2=NCC(C)(C)CS2)ccc1Br. The van der Waals surface area contributed by atoms with Crippen molar-refractivity contribution in [1.29, 1.82) is 0 Å². The van der Waals surface area contributed by atoms with Crippen LogP contribution < -0.4 is 10.1 Å². The van der Waals surface area contributed by atoms with Gasteiger partial charge in [-0.15, -0.1) is 0 Å². The van der Waals surface area contributed by atoms with E-state index in [0.29, 0.717) is 5.41 Å². The minimum atomic E-state index is 0.299. The van der Waals surface area contributed by atoms with Crippen LogP contribution in [0.1, 0.15) is 13.8 Å². The largest absolute Gasteiger partial charge is 0.495 e. The van der Waals surface area contributed by atoms with Gasteiger partial charge in [-0.3, -0.25) is 4.99 Å². The zero-order valence-corrected chi connectivity index (χ0v) is 13.2. The topological polar surface area (TPSA) is 33.6 Å². The number of methoxy groups -OCH3 is 1. The number of hydrogen-bond donors (Lipinski definition) is 1. The highest BCUT2D eigenvalue weighted by atomic mass is 79.9. The van der Waals surface area contributed by atoms with Gasteiger partial charge in [-0.25, -0.2) is 0 Å². The Kier molecular flexibility index (Phi) is 4.22. The first-order chi connectivity index (χ1) is 8.50. The third-order valence-electron chi connectivity index (χ3n) is 2.65. The fraction of sp³-hybridized carbons (Fsp3) is 0.462. The van der Waals surface area contributed by atoms with E-state index in [1.165, 1.54) is 0 Å². The molecule has 5 heteroatoms. The quantitative estimate of drug-likeness (QED) is 0.890. The Hall–Kier alpha value is -0.680. The molecular weight excluding hydrogens is 312 g/mol. The molecule has 0 saturated heterocycles. The van der Waals surface area contributed by atoms with E-state index in [0.717, 1.165) is 33.4 Å². The van der Waals surface area contributed by atoms with Gasteiger partial charge in [0, 0.05) is 24.1 Å². The van der Waals surface area contributed by atoms with Gasteiger partial charge in [0.25, 0.3) is 0 Å². The molecule has 0 radical (unpaired) electrons. The number of thioether (sulfide) groups is 1. The Morgan fingerprint density at radius 3 is 2.83 bits per heavy atom. The standard InChI is InChI=1S/C13H17BrN2OS/c1-13(2)7-15-12(18-8-13)16-9-4-5-10(14)11(6-9)17-3/h4-6H,7-8H2,1-3H3,(H,15,16). The molecule has 1 aromatic rings. The number of ether oxygens (including phenoxy) is 1. The van der Waals surface area contributed by atoms with Crippen LogP contribution in [0.4, 0.5) is 5.69 Å². The van der Waals surface area contributed by atoms with Gasteiger partial charge in [0.15, 0.2) is 5.17 Å². The van der Waals surface area contributed by atoms with Crippen LogP contribution in [-0.2, 0) is 0 Å². The first kappa shape index (κ1) is 13.7. The molecule has 0 unspecified atom stereocenters. The molecule has 2 rings (SSSR count). The Bertz CT molecular complexity index is 474. The smallest absolute Gasteiger partial charge is 0.161 e. The van der Waals surface area contributed by atoms with E-state index in [1.807, 2.05) is 18.2 Å². The second-order valence-electron chi connectivity index (χ2n) is 5.05. The van der Waals surface area contributed by atoms with Gasteiger partial charge in [-0.2, -0.15) is 0 Å². The van der Waals surface area contributed by atoms with E-state index < -0.39 is 0 Å². The van der Waals surface area contributed by atoms with Crippen molar-refractivity contribution >= 4 is 38.5 Å². The Labute approximate surface area is 121 Å². The highest BCUT2D eigenvalue weighted by Crippen LogP contribution is 2.31. The van der Waals surface area contributed by atoms with Crippen molar-refractivity contribution in [2.24, 2.45) is 10.4 Å². The van der Waals surface area contributed by atoms with Crippen LogP contribution in [0.5, 0.6) is 5.75 Å². The molecule has 18 heavy (non-hydrogen) atoms. The molecule has 0 aromatic heterocycles. The lowest BCUT2D eigenvalue weighted by Crippen LogP contribution is -2.27. The molecule has 0 atom stereocenters. The lowest BCUT2D eigenvalue weighted by atomic mass is 9.97. The van der Waals surface area contributed by atoms with Gasteiger partial charge in [0.2, 0.25) is 0 Å². The van der Waals surface area contributed by atoms with Crippen molar-refractivity contribution in [2.45, 2.75) is 13.8 Å². The predicted molar refractivity (Wildman–Crippen MR) is 82.9 cm³/mol. The molecule has 0 bridgehead atoms. The average Bonchev–Trinajstić information content (AvgIpc) is 2.34. The monoisotopic (exact) mass is 328 g/mol. The van der Waals surface area contributed by atoms with E-state index in [9.17, 15) is 0 Å². The number of rotatable bonds is 2. The summed E-state index contributed by atoms with van der Waals surface area (Å²) >= 11 is 5.21. The maximum atomic E-state index is 5.27. The fourth-order valence-corrected chi connectivity index (χ4v) is 2.95. The summed E-state index contributed by atoms with van der Waals surface area (Å²) in [6.07, 6.45) is 0. The van der Waals surface area contributed by atoms with Crippen LogP contribution in [-0.4, -0.2) is 24.6 Å². The van der Waals surface area contributed by atoms with Crippen LogP contribution in [0.3, 0.4) is 0 Å². The highest BCUT2D eigenvalue weighted by molar-refractivity contribution is 9.10. The summed E-state index contributed by atoms with van der Waals surface area (Å²) in [5, 5.41) is 4.32. The fourth-order valence-electron chi connectivity index (χ4n) is 1.58. The normalized spacial score (nSPS) is 18.1. The van der Waals surface area contributed by atoms with Crippen molar-refractivity contribution < 1.29 is 4.74 Å². The summed E-state index contributed by atoms with van der Waals surface area (Å²) in [5.74, 6) is 1.91. The predicted octanol–water partition coefficient (Wildman–Crippen LogP) is 4.00. The van der Waals surface area contributed by atoms with E-state index in [4.69, 9.17) is 4.74 Å². The molecule has 0 spiro atoms. The molecule has 0 aliphatic carbocycles. The van der Waals surface area contributed by atoms with Gasteiger partial charge in [0.1, 0.15) is 5.75 Å². The van der Waals surface area contributed by atoms with Crippen molar-refractivity contribution in [2.75, 3.05) is 24.7 Å². The molecule has 0 amide bonds. The number of aliphatic imine (C=N–C) groups is 1. The second-order valence-corrected chi connectivity index (χ2v) is 6.87. The Morgan fingerprint density at radius 1 is 1.44 bits per heavy atom. The van der Waals surface area contributed by atoms with E-state index in [2.05, 4.69) is 40.1 Å². The Balaban J connectivity index is 2.08. The summed E-state index contributed by atoms with van der Waals surface area (Å²) in [6.45, 7) is 5.35. The lowest BCUT2D eigenvalue weighted by Gasteiger charge is -2.27. The number of halogens is 1. The number of anilines is 1. The number of hydrogen-bond acceptors (Lipinski definition) is 4. The molecule has 98 valence electrons. The van der Waals surface area contributed by atoms with Gasteiger partial charge in [-0.1, -0.05) is 25.6 Å². The summed E-state index contributed by atoms with van der Waals surface area (Å²) in [6, 6.07) is 5.95. The Morgan fingerprint density at radius 2 is 2.22 bits per heavy atom. The summed E-state index contributed by atoms with van der Waals surface area (Å²) < 4.78 is 6.23. The van der Waals surface area contributed by atoms with E-state index >= 15 is 0 Å². The summed E-state index contributed by atoms with van der Waals surface area (Å²) in [7, 11) is 1.67. The minimum Gasteiger partial charge on any atom is -0.495 e. The zero-order chi connectivity index (χ0) is 13.2.